The zero-order valence-corrected chi connectivity index (χ0v) is 22.1. The summed E-state index contributed by atoms with van der Waals surface area (Å²) in [6.45, 7) is 0.506. The molecule has 5 rings (SSSR count). The van der Waals surface area contributed by atoms with Gasteiger partial charge in [0.25, 0.3) is 0 Å². The number of esters is 1. The number of benzene rings is 4. The molecule has 4 aromatic rings. The highest BCUT2D eigenvalue weighted by Gasteiger charge is 2.59. The fourth-order valence-electron chi connectivity index (χ4n) is 4.70. The van der Waals surface area contributed by atoms with Crippen LogP contribution in [0.2, 0.25) is 0 Å². The zero-order valence-electron chi connectivity index (χ0n) is 20.6. The van der Waals surface area contributed by atoms with Crippen molar-refractivity contribution < 1.29 is 14.3 Å². The van der Waals surface area contributed by atoms with E-state index in [-0.39, 0.29) is 18.5 Å². The first kappa shape index (κ1) is 25.2. The van der Waals surface area contributed by atoms with Crippen LogP contribution in [0.3, 0.4) is 0 Å². The highest BCUT2D eigenvalue weighted by Crippen LogP contribution is 2.51. The summed E-state index contributed by atoms with van der Waals surface area (Å²) in [5, 5.41) is 3.65. The SMILES string of the molecule is O=C(OCc1ccccc1)[C@@](OCc1ccccc1)(C1CC1)[C@@H](Nc1ccc(Br)cc1)c1ccccc1. The van der Waals surface area contributed by atoms with Gasteiger partial charge in [0.05, 0.1) is 12.6 Å². The molecule has 4 aromatic carbocycles. The van der Waals surface area contributed by atoms with Crippen LogP contribution < -0.4 is 5.32 Å². The molecule has 1 fully saturated rings. The monoisotopic (exact) mass is 555 g/mol. The van der Waals surface area contributed by atoms with E-state index in [0.717, 1.165) is 39.7 Å². The molecular weight excluding hydrogens is 526 g/mol. The number of carbonyl (C=O) groups excluding carboxylic acids is 1. The van der Waals surface area contributed by atoms with E-state index < -0.39 is 11.6 Å². The molecule has 188 valence electrons. The first-order valence-electron chi connectivity index (χ1n) is 12.6. The molecule has 1 aliphatic rings. The molecule has 5 heteroatoms. The van der Waals surface area contributed by atoms with Crippen molar-refractivity contribution in [3.63, 3.8) is 0 Å². The maximum atomic E-state index is 14.2. The standard InChI is InChI=1S/C32H30BrNO3/c33-28-18-20-29(21-19-28)34-30(26-14-8-3-9-15-26)32(27-16-17-27,37-23-25-12-6-2-7-13-25)31(35)36-22-24-10-4-1-5-11-24/h1-15,18-21,27,30,34H,16-17,22-23H2/t30-,32+/m0/s1. The lowest BCUT2D eigenvalue weighted by Crippen LogP contribution is -2.52. The van der Waals surface area contributed by atoms with Crippen molar-refractivity contribution in [2.75, 3.05) is 5.32 Å². The molecule has 0 radical (unpaired) electrons. The molecule has 0 spiro atoms. The Bertz CT molecular complexity index is 1280. The third-order valence-electron chi connectivity index (χ3n) is 6.75. The molecule has 1 aliphatic carbocycles. The maximum absolute atomic E-state index is 14.2. The Kier molecular flexibility index (Phi) is 8.02. The molecular formula is C32H30BrNO3. The summed E-state index contributed by atoms with van der Waals surface area (Å²) < 4.78 is 13.8. The average molecular weight is 557 g/mol. The molecule has 0 saturated heterocycles. The first-order chi connectivity index (χ1) is 18.1. The fraction of sp³-hybridized carbons (Fsp3) is 0.219. The quantitative estimate of drug-likeness (QED) is 0.192. The van der Waals surface area contributed by atoms with Crippen molar-refractivity contribution in [3.8, 4) is 0 Å². The van der Waals surface area contributed by atoms with Crippen LogP contribution in [0.5, 0.6) is 0 Å². The smallest absolute Gasteiger partial charge is 0.341 e. The topological polar surface area (TPSA) is 47.6 Å². The largest absolute Gasteiger partial charge is 0.459 e. The molecule has 1 saturated carbocycles. The summed E-state index contributed by atoms with van der Waals surface area (Å²) in [6.07, 6.45) is 1.81. The minimum absolute atomic E-state index is 0.0349. The van der Waals surface area contributed by atoms with Gasteiger partial charge in [0.1, 0.15) is 6.61 Å². The van der Waals surface area contributed by atoms with Crippen LogP contribution >= 0.6 is 15.9 Å². The third kappa shape index (κ3) is 6.12. The maximum Gasteiger partial charge on any atom is 0.341 e. The molecule has 4 nitrogen and oxygen atoms in total. The Labute approximate surface area is 226 Å². The molecule has 2 atom stereocenters. The molecule has 0 heterocycles. The summed E-state index contributed by atoms with van der Waals surface area (Å²) >= 11 is 3.52. The third-order valence-corrected chi connectivity index (χ3v) is 7.28. The Balaban J connectivity index is 1.54. The lowest BCUT2D eigenvalue weighted by atomic mass is 9.83. The van der Waals surface area contributed by atoms with Crippen molar-refractivity contribution >= 4 is 27.6 Å². The van der Waals surface area contributed by atoms with Crippen LogP contribution in [0, 0.1) is 5.92 Å². The van der Waals surface area contributed by atoms with E-state index in [4.69, 9.17) is 9.47 Å². The molecule has 0 bridgehead atoms. The fourth-order valence-corrected chi connectivity index (χ4v) is 4.97. The Hall–Kier alpha value is -3.41. The molecule has 37 heavy (non-hydrogen) atoms. The number of hydrogen-bond donors (Lipinski definition) is 1. The van der Waals surface area contributed by atoms with Crippen LogP contribution in [0.4, 0.5) is 5.69 Å². The number of carbonyl (C=O) groups is 1. The summed E-state index contributed by atoms with van der Waals surface area (Å²) in [5.41, 5.74) is 2.63. The minimum Gasteiger partial charge on any atom is -0.459 e. The average Bonchev–Trinajstić information content (AvgIpc) is 3.80. The van der Waals surface area contributed by atoms with Gasteiger partial charge in [-0.3, -0.25) is 0 Å². The van der Waals surface area contributed by atoms with Crippen molar-refractivity contribution in [1.82, 2.24) is 0 Å². The Morgan fingerprint density at radius 2 is 1.32 bits per heavy atom. The van der Waals surface area contributed by atoms with Gasteiger partial charge in [-0.05, 0) is 53.8 Å². The highest BCUT2D eigenvalue weighted by molar-refractivity contribution is 9.10. The van der Waals surface area contributed by atoms with Crippen LogP contribution in [0.1, 0.15) is 35.6 Å². The Morgan fingerprint density at radius 1 is 0.784 bits per heavy atom. The summed E-state index contributed by atoms with van der Waals surface area (Å²) in [4.78, 5) is 14.2. The number of rotatable bonds is 11. The second kappa shape index (κ2) is 11.8. The molecule has 0 unspecified atom stereocenters. The van der Waals surface area contributed by atoms with E-state index in [9.17, 15) is 4.79 Å². The summed E-state index contributed by atoms with van der Waals surface area (Å²) in [5.74, 6) is -0.305. The summed E-state index contributed by atoms with van der Waals surface area (Å²) in [6, 6.07) is 37.4. The zero-order chi connectivity index (χ0) is 25.5. The highest BCUT2D eigenvalue weighted by atomic mass is 79.9. The Morgan fingerprint density at radius 3 is 1.89 bits per heavy atom. The van der Waals surface area contributed by atoms with E-state index in [2.05, 4.69) is 21.2 Å². The van der Waals surface area contributed by atoms with Crippen LogP contribution in [-0.2, 0) is 27.5 Å². The second-order valence-corrected chi connectivity index (χ2v) is 10.3. The van der Waals surface area contributed by atoms with Crippen LogP contribution in [0.15, 0.2) is 120 Å². The molecule has 0 amide bonds. The summed E-state index contributed by atoms with van der Waals surface area (Å²) in [7, 11) is 0. The lowest BCUT2D eigenvalue weighted by molar-refractivity contribution is -0.183. The van der Waals surface area contributed by atoms with Gasteiger partial charge in [0.15, 0.2) is 5.60 Å². The van der Waals surface area contributed by atoms with Gasteiger partial charge in [0.2, 0.25) is 0 Å². The van der Waals surface area contributed by atoms with Crippen molar-refractivity contribution in [3.05, 3.63) is 136 Å². The number of ether oxygens (including phenoxy) is 2. The van der Waals surface area contributed by atoms with Gasteiger partial charge >= 0.3 is 5.97 Å². The van der Waals surface area contributed by atoms with Crippen LogP contribution in [-0.4, -0.2) is 11.6 Å². The molecule has 0 aliphatic heterocycles. The van der Waals surface area contributed by atoms with E-state index in [1.54, 1.807) is 0 Å². The number of nitrogens with one attached hydrogen (secondary N) is 1. The molecule has 0 aromatic heterocycles. The van der Waals surface area contributed by atoms with Crippen molar-refractivity contribution in [2.45, 2.75) is 37.7 Å². The first-order valence-corrected chi connectivity index (χ1v) is 13.4. The van der Waals surface area contributed by atoms with Crippen LogP contribution in [0.25, 0.3) is 0 Å². The van der Waals surface area contributed by atoms with E-state index >= 15 is 0 Å². The van der Waals surface area contributed by atoms with Crippen molar-refractivity contribution in [1.29, 1.82) is 0 Å². The normalized spacial score (nSPS) is 15.4. The predicted molar refractivity (Wildman–Crippen MR) is 150 cm³/mol. The second-order valence-electron chi connectivity index (χ2n) is 9.40. The molecule has 1 N–H and O–H groups in total. The van der Waals surface area contributed by atoms with Gasteiger partial charge in [-0.2, -0.15) is 0 Å². The van der Waals surface area contributed by atoms with E-state index in [1.165, 1.54) is 0 Å². The van der Waals surface area contributed by atoms with E-state index in [0.29, 0.717) is 6.61 Å². The minimum atomic E-state index is -1.21. The lowest BCUT2D eigenvalue weighted by Gasteiger charge is -2.40. The van der Waals surface area contributed by atoms with E-state index in [1.807, 2.05) is 115 Å². The van der Waals surface area contributed by atoms with Gasteiger partial charge in [-0.25, -0.2) is 4.79 Å². The van der Waals surface area contributed by atoms with Gasteiger partial charge in [-0.15, -0.1) is 0 Å². The predicted octanol–water partition coefficient (Wildman–Crippen LogP) is 7.71. The number of hydrogen-bond acceptors (Lipinski definition) is 4. The van der Waals surface area contributed by atoms with Gasteiger partial charge in [-0.1, -0.05) is 107 Å². The van der Waals surface area contributed by atoms with Crippen molar-refractivity contribution in [2.24, 2.45) is 5.92 Å². The van der Waals surface area contributed by atoms with Gasteiger partial charge < -0.3 is 14.8 Å². The van der Waals surface area contributed by atoms with Gasteiger partial charge in [0, 0.05) is 16.1 Å². The number of anilines is 1. The number of halogens is 1.